The van der Waals surface area contributed by atoms with Gasteiger partial charge in [-0.3, -0.25) is 14.6 Å². The van der Waals surface area contributed by atoms with Crippen LogP contribution in [-0.4, -0.2) is 40.3 Å². The molecule has 3 aromatic rings. The second kappa shape index (κ2) is 7.11. The molecule has 1 aliphatic heterocycles. The van der Waals surface area contributed by atoms with Crippen LogP contribution >= 0.6 is 0 Å². The molecule has 0 saturated heterocycles. The van der Waals surface area contributed by atoms with E-state index in [1.807, 2.05) is 36.4 Å². The lowest BCUT2D eigenvalue weighted by Gasteiger charge is -2.19. The number of rotatable bonds is 3. The van der Waals surface area contributed by atoms with Gasteiger partial charge in [-0.05, 0) is 47.5 Å². The Morgan fingerprint density at radius 1 is 1.00 bits per heavy atom. The van der Waals surface area contributed by atoms with Crippen LogP contribution in [0.1, 0.15) is 16.1 Å². The zero-order valence-electron chi connectivity index (χ0n) is 15.4. The molecule has 0 spiro atoms. The van der Waals surface area contributed by atoms with E-state index in [0.29, 0.717) is 17.1 Å². The molecule has 0 saturated carbocycles. The van der Waals surface area contributed by atoms with Crippen molar-refractivity contribution in [1.82, 2.24) is 14.9 Å². The Morgan fingerprint density at radius 2 is 1.82 bits per heavy atom. The molecular formula is C21H19N5O2. The van der Waals surface area contributed by atoms with Gasteiger partial charge in [0.1, 0.15) is 12.4 Å². The maximum Gasteiger partial charge on any atom is 0.256 e. The summed E-state index contributed by atoms with van der Waals surface area (Å²) in [7, 11) is 1.68. The molecule has 7 heteroatoms. The number of carbonyl (C=O) groups excluding carboxylic acids is 2. The maximum absolute atomic E-state index is 13.1. The van der Waals surface area contributed by atoms with E-state index >= 15 is 0 Å². The van der Waals surface area contributed by atoms with Gasteiger partial charge in [0.2, 0.25) is 5.91 Å². The van der Waals surface area contributed by atoms with Crippen LogP contribution in [0.5, 0.6) is 0 Å². The minimum Gasteiger partial charge on any atom is -0.384 e. The van der Waals surface area contributed by atoms with Gasteiger partial charge in [0, 0.05) is 19.4 Å². The smallest absolute Gasteiger partial charge is 0.256 e. The molecule has 0 unspecified atom stereocenters. The number of likely N-dealkylation sites (N-methyl/N-ethyl adjacent to an activating group) is 1. The lowest BCUT2D eigenvalue weighted by Crippen LogP contribution is -2.37. The number of nitrogens with zero attached hydrogens (tertiary/aromatic N) is 4. The number of carbonyl (C=O) groups is 2. The van der Waals surface area contributed by atoms with E-state index in [-0.39, 0.29) is 24.9 Å². The molecule has 2 N–H and O–H groups in total. The number of hydrogen-bond acceptors (Lipinski definition) is 5. The number of nitrogens with two attached hydrogens (primary N) is 1. The number of anilines is 2. The average molecular weight is 373 g/mol. The van der Waals surface area contributed by atoms with Crippen molar-refractivity contribution < 1.29 is 9.59 Å². The second-order valence-corrected chi connectivity index (χ2v) is 6.64. The molecule has 3 heterocycles. The van der Waals surface area contributed by atoms with Crippen molar-refractivity contribution >= 4 is 23.3 Å². The topological polar surface area (TPSA) is 92.4 Å². The van der Waals surface area contributed by atoms with Gasteiger partial charge >= 0.3 is 0 Å². The number of aromatic nitrogens is 2. The number of fused-ring (bicyclic) bond motifs is 1. The molecule has 140 valence electrons. The first-order chi connectivity index (χ1) is 13.5. The fourth-order valence-corrected chi connectivity index (χ4v) is 3.26. The van der Waals surface area contributed by atoms with Crippen LogP contribution in [0, 0.1) is 0 Å². The number of hydrogen-bond donors (Lipinski definition) is 1. The molecule has 0 fully saturated rings. The van der Waals surface area contributed by atoms with Crippen LogP contribution < -0.4 is 10.6 Å². The molecule has 2 amide bonds. The summed E-state index contributed by atoms with van der Waals surface area (Å²) in [6.07, 6.45) is 3.30. The van der Waals surface area contributed by atoms with E-state index in [1.54, 1.807) is 31.6 Å². The third kappa shape index (κ3) is 3.29. The van der Waals surface area contributed by atoms with Crippen molar-refractivity contribution in [3.63, 3.8) is 0 Å². The van der Waals surface area contributed by atoms with Gasteiger partial charge in [-0.1, -0.05) is 12.1 Å². The lowest BCUT2D eigenvalue weighted by molar-refractivity contribution is -0.119. The Kier molecular flexibility index (Phi) is 4.49. The third-order valence-electron chi connectivity index (χ3n) is 4.77. The monoisotopic (exact) mass is 373 g/mol. The third-order valence-corrected chi connectivity index (χ3v) is 4.77. The molecule has 0 radical (unpaired) electrons. The molecule has 1 aliphatic rings. The SMILES string of the molecule is CN1C(=O)CN(Cc2ccccn2)C(=O)c2ccc(-c3ccnc(N)c3)cc21. The van der Waals surface area contributed by atoms with E-state index in [9.17, 15) is 9.59 Å². The van der Waals surface area contributed by atoms with Crippen molar-refractivity contribution in [3.8, 4) is 11.1 Å². The highest BCUT2D eigenvalue weighted by Gasteiger charge is 2.30. The fraction of sp³-hybridized carbons (Fsp3) is 0.143. The zero-order valence-corrected chi connectivity index (χ0v) is 15.4. The first-order valence-electron chi connectivity index (χ1n) is 8.84. The summed E-state index contributed by atoms with van der Waals surface area (Å²) in [6.45, 7) is 0.277. The molecule has 0 atom stereocenters. The van der Waals surface area contributed by atoms with Gasteiger partial charge in [-0.2, -0.15) is 0 Å². The number of amides is 2. The van der Waals surface area contributed by atoms with Crippen molar-refractivity contribution in [1.29, 1.82) is 0 Å². The van der Waals surface area contributed by atoms with Gasteiger partial charge in [-0.25, -0.2) is 4.98 Å². The molecule has 4 rings (SSSR count). The van der Waals surface area contributed by atoms with Gasteiger partial charge in [0.25, 0.3) is 5.91 Å². The van der Waals surface area contributed by atoms with Crippen LogP contribution in [0.2, 0.25) is 0 Å². The summed E-state index contributed by atoms with van der Waals surface area (Å²) in [4.78, 5) is 37.1. The number of nitrogen functional groups attached to an aromatic ring is 1. The minimum absolute atomic E-state index is 0.00186. The van der Waals surface area contributed by atoms with Crippen LogP contribution in [0.4, 0.5) is 11.5 Å². The summed E-state index contributed by atoms with van der Waals surface area (Å²) in [5.41, 5.74) is 9.30. The number of pyridine rings is 2. The minimum atomic E-state index is -0.195. The Bertz CT molecular complexity index is 1050. The standard InChI is InChI=1S/C21H19N5O2/c1-25-18-10-14(15-7-9-24-19(22)11-15)5-6-17(18)21(28)26(13-20(25)27)12-16-4-2-3-8-23-16/h2-11H,12-13H2,1H3,(H2,22,24). The Morgan fingerprint density at radius 3 is 2.57 bits per heavy atom. The molecule has 0 aliphatic carbocycles. The van der Waals surface area contributed by atoms with Crippen LogP contribution in [0.3, 0.4) is 0 Å². The van der Waals surface area contributed by atoms with Crippen LogP contribution in [0.25, 0.3) is 11.1 Å². The zero-order chi connectivity index (χ0) is 19.7. The molecule has 1 aromatic carbocycles. The van der Waals surface area contributed by atoms with E-state index < -0.39 is 0 Å². The average Bonchev–Trinajstić information content (AvgIpc) is 2.80. The summed E-state index contributed by atoms with van der Waals surface area (Å²) < 4.78 is 0. The highest BCUT2D eigenvalue weighted by molar-refractivity contribution is 6.10. The first kappa shape index (κ1) is 17.7. The van der Waals surface area contributed by atoms with Crippen molar-refractivity contribution in [3.05, 3.63) is 72.2 Å². The molecule has 28 heavy (non-hydrogen) atoms. The van der Waals surface area contributed by atoms with E-state index in [2.05, 4.69) is 9.97 Å². The highest BCUT2D eigenvalue weighted by Crippen LogP contribution is 2.31. The Balaban J connectivity index is 1.73. The molecule has 2 aromatic heterocycles. The molecular weight excluding hydrogens is 354 g/mol. The quantitative estimate of drug-likeness (QED) is 0.761. The largest absolute Gasteiger partial charge is 0.384 e. The molecule has 0 bridgehead atoms. The predicted molar refractivity (Wildman–Crippen MR) is 106 cm³/mol. The summed E-state index contributed by atoms with van der Waals surface area (Å²) in [6, 6.07) is 14.6. The van der Waals surface area contributed by atoms with Crippen molar-refractivity contribution in [2.75, 3.05) is 24.2 Å². The highest BCUT2D eigenvalue weighted by atomic mass is 16.2. The van der Waals surface area contributed by atoms with Crippen LogP contribution in [-0.2, 0) is 11.3 Å². The van der Waals surface area contributed by atoms with E-state index in [1.165, 1.54) is 9.80 Å². The van der Waals surface area contributed by atoms with Gasteiger partial charge < -0.3 is 15.5 Å². The predicted octanol–water partition coefficient (Wildman–Crippen LogP) is 2.34. The van der Waals surface area contributed by atoms with Gasteiger partial charge in [0.15, 0.2) is 0 Å². The maximum atomic E-state index is 13.1. The van der Waals surface area contributed by atoms with Crippen molar-refractivity contribution in [2.24, 2.45) is 0 Å². The fourth-order valence-electron chi connectivity index (χ4n) is 3.26. The first-order valence-corrected chi connectivity index (χ1v) is 8.84. The normalized spacial score (nSPS) is 14.0. The Labute approximate surface area is 162 Å². The van der Waals surface area contributed by atoms with E-state index in [0.717, 1.165) is 16.8 Å². The Hall–Kier alpha value is -3.74. The number of benzene rings is 1. The van der Waals surface area contributed by atoms with Gasteiger partial charge in [0.05, 0.1) is 23.5 Å². The van der Waals surface area contributed by atoms with Crippen molar-refractivity contribution in [2.45, 2.75) is 6.54 Å². The van der Waals surface area contributed by atoms with Crippen LogP contribution in [0.15, 0.2) is 60.9 Å². The summed E-state index contributed by atoms with van der Waals surface area (Å²) in [5.74, 6) is 0.0584. The summed E-state index contributed by atoms with van der Waals surface area (Å²) >= 11 is 0. The van der Waals surface area contributed by atoms with Gasteiger partial charge in [-0.15, -0.1) is 0 Å². The molecule has 7 nitrogen and oxygen atoms in total. The van der Waals surface area contributed by atoms with E-state index in [4.69, 9.17) is 5.73 Å². The lowest BCUT2D eigenvalue weighted by atomic mass is 10.0. The summed E-state index contributed by atoms with van der Waals surface area (Å²) in [5, 5.41) is 0. The second-order valence-electron chi connectivity index (χ2n) is 6.64.